The van der Waals surface area contributed by atoms with Gasteiger partial charge in [0.2, 0.25) is 0 Å². The van der Waals surface area contributed by atoms with Crippen molar-refractivity contribution in [2.45, 2.75) is 58.0 Å². The Kier molecular flexibility index (Phi) is 3.48. The number of hydrogen-bond acceptors (Lipinski definition) is 2. The molecule has 0 radical (unpaired) electrons. The van der Waals surface area contributed by atoms with Crippen LogP contribution < -0.4 is 0 Å². The van der Waals surface area contributed by atoms with E-state index in [0.29, 0.717) is 6.42 Å². The topological polar surface area (TPSA) is 37.3 Å². The lowest BCUT2D eigenvalue weighted by molar-refractivity contribution is -0.123. The highest BCUT2D eigenvalue weighted by Crippen LogP contribution is 2.35. The Bertz CT molecular complexity index is 179. The molecule has 0 heterocycles. The van der Waals surface area contributed by atoms with E-state index in [1.54, 1.807) is 6.92 Å². The van der Waals surface area contributed by atoms with Crippen molar-refractivity contribution in [2.75, 3.05) is 0 Å². The van der Waals surface area contributed by atoms with Gasteiger partial charge in [0.1, 0.15) is 5.78 Å². The van der Waals surface area contributed by atoms with Crippen LogP contribution in [-0.2, 0) is 4.79 Å². The predicted octanol–water partition coefficient (Wildman–Crippen LogP) is 2.30. The Morgan fingerprint density at radius 1 is 1.46 bits per heavy atom. The lowest BCUT2D eigenvalue weighted by Crippen LogP contribution is -2.35. The van der Waals surface area contributed by atoms with Crippen LogP contribution in [0, 0.1) is 5.92 Å². The number of aliphatic hydroxyl groups is 1. The van der Waals surface area contributed by atoms with Gasteiger partial charge >= 0.3 is 0 Å². The van der Waals surface area contributed by atoms with Gasteiger partial charge in [-0.15, -0.1) is 0 Å². The fourth-order valence-electron chi connectivity index (χ4n) is 2.26. The van der Waals surface area contributed by atoms with Crippen molar-refractivity contribution in [3.8, 4) is 0 Å². The summed E-state index contributed by atoms with van der Waals surface area (Å²) < 4.78 is 0. The molecule has 0 unspecified atom stereocenters. The Labute approximate surface area is 80.3 Å². The molecular formula is C11H20O2. The van der Waals surface area contributed by atoms with Crippen molar-refractivity contribution in [1.82, 2.24) is 0 Å². The number of ketones is 1. The van der Waals surface area contributed by atoms with Crippen molar-refractivity contribution >= 4 is 5.78 Å². The fraction of sp³-hybridized carbons (Fsp3) is 0.909. The lowest BCUT2D eigenvalue weighted by Gasteiger charge is -2.35. The molecule has 2 heteroatoms. The van der Waals surface area contributed by atoms with Gasteiger partial charge in [-0.2, -0.15) is 0 Å². The first-order valence-electron chi connectivity index (χ1n) is 5.27. The average molecular weight is 184 g/mol. The van der Waals surface area contributed by atoms with E-state index in [1.807, 2.05) is 0 Å². The highest BCUT2D eigenvalue weighted by Gasteiger charge is 2.33. The third kappa shape index (κ3) is 3.11. The summed E-state index contributed by atoms with van der Waals surface area (Å²) in [4.78, 5) is 10.9. The van der Waals surface area contributed by atoms with E-state index in [9.17, 15) is 9.90 Å². The van der Waals surface area contributed by atoms with Crippen molar-refractivity contribution in [3.05, 3.63) is 0 Å². The summed E-state index contributed by atoms with van der Waals surface area (Å²) in [6.07, 6.45) is 5.34. The highest BCUT2D eigenvalue weighted by atomic mass is 16.3. The summed E-state index contributed by atoms with van der Waals surface area (Å²) in [6, 6.07) is 0. The Hall–Kier alpha value is -0.370. The second-order valence-electron chi connectivity index (χ2n) is 4.45. The third-order valence-corrected chi connectivity index (χ3v) is 3.19. The van der Waals surface area contributed by atoms with Gasteiger partial charge in [-0.25, -0.2) is 0 Å². The zero-order valence-electron chi connectivity index (χ0n) is 8.68. The molecule has 0 bridgehead atoms. The molecule has 1 saturated carbocycles. The first-order valence-corrected chi connectivity index (χ1v) is 5.27. The van der Waals surface area contributed by atoms with E-state index < -0.39 is 5.60 Å². The standard InChI is InChI=1S/C11H20O2/c1-3-10-4-6-11(13,7-5-10)8-9(2)12/h10,13H,3-8H2,1-2H3. The molecule has 0 aromatic rings. The zero-order valence-corrected chi connectivity index (χ0v) is 8.68. The first kappa shape index (κ1) is 10.7. The number of carbonyl (C=O) groups is 1. The fourth-order valence-corrected chi connectivity index (χ4v) is 2.26. The second-order valence-corrected chi connectivity index (χ2v) is 4.45. The molecule has 1 N–H and O–H groups in total. The van der Waals surface area contributed by atoms with Crippen LogP contribution in [0.15, 0.2) is 0 Å². The van der Waals surface area contributed by atoms with Crippen LogP contribution in [0.5, 0.6) is 0 Å². The summed E-state index contributed by atoms with van der Waals surface area (Å²) >= 11 is 0. The van der Waals surface area contributed by atoms with E-state index in [2.05, 4.69) is 6.92 Å². The molecule has 0 atom stereocenters. The molecule has 0 saturated heterocycles. The maximum absolute atomic E-state index is 10.9. The van der Waals surface area contributed by atoms with Crippen LogP contribution in [0.3, 0.4) is 0 Å². The molecule has 0 spiro atoms. The molecule has 1 fully saturated rings. The molecule has 1 aliphatic rings. The minimum Gasteiger partial charge on any atom is -0.389 e. The van der Waals surface area contributed by atoms with Crippen LogP contribution in [0.4, 0.5) is 0 Å². The summed E-state index contributed by atoms with van der Waals surface area (Å²) in [6.45, 7) is 3.75. The van der Waals surface area contributed by atoms with Crippen LogP contribution in [0.2, 0.25) is 0 Å². The van der Waals surface area contributed by atoms with Crippen LogP contribution in [0.25, 0.3) is 0 Å². The summed E-state index contributed by atoms with van der Waals surface area (Å²) in [5.41, 5.74) is -0.669. The van der Waals surface area contributed by atoms with E-state index in [1.165, 1.54) is 6.42 Å². The van der Waals surface area contributed by atoms with Crippen molar-refractivity contribution in [1.29, 1.82) is 0 Å². The molecule has 76 valence electrons. The van der Waals surface area contributed by atoms with Gasteiger partial charge in [-0.1, -0.05) is 13.3 Å². The minimum atomic E-state index is -0.669. The maximum atomic E-state index is 10.9. The lowest BCUT2D eigenvalue weighted by atomic mass is 9.76. The van der Waals surface area contributed by atoms with Gasteiger partial charge in [0.15, 0.2) is 0 Å². The molecule has 0 aromatic carbocycles. The van der Waals surface area contributed by atoms with Gasteiger partial charge in [0.05, 0.1) is 5.60 Å². The summed E-state index contributed by atoms with van der Waals surface area (Å²) in [7, 11) is 0. The predicted molar refractivity (Wildman–Crippen MR) is 52.5 cm³/mol. The number of hydrogen-bond donors (Lipinski definition) is 1. The smallest absolute Gasteiger partial charge is 0.132 e. The van der Waals surface area contributed by atoms with E-state index >= 15 is 0 Å². The highest BCUT2D eigenvalue weighted by molar-refractivity contribution is 5.76. The number of carbonyl (C=O) groups excluding carboxylic acids is 1. The molecule has 0 amide bonds. The molecular weight excluding hydrogens is 164 g/mol. The summed E-state index contributed by atoms with van der Waals surface area (Å²) in [5.74, 6) is 0.879. The van der Waals surface area contributed by atoms with Gasteiger partial charge in [-0.3, -0.25) is 4.79 Å². The monoisotopic (exact) mass is 184 g/mol. The van der Waals surface area contributed by atoms with Gasteiger partial charge in [0, 0.05) is 6.42 Å². The van der Waals surface area contributed by atoms with Gasteiger partial charge < -0.3 is 5.11 Å². The van der Waals surface area contributed by atoms with E-state index in [-0.39, 0.29) is 5.78 Å². The molecule has 0 aromatic heterocycles. The largest absolute Gasteiger partial charge is 0.389 e. The Morgan fingerprint density at radius 3 is 2.38 bits per heavy atom. The zero-order chi connectivity index (χ0) is 9.90. The van der Waals surface area contributed by atoms with Gasteiger partial charge in [0.25, 0.3) is 0 Å². The summed E-state index contributed by atoms with van der Waals surface area (Å²) in [5, 5.41) is 10.0. The van der Waals surface area contributed by atoms with Crippen molar-refractivity contribution in [3.63, 3.8) is 0 Å². The van der Waals surface area contributed by atoms with Crippen LogP contribution in [-0.4, -0.2) is 16.5 Å². The van der Waals surface area contributed by atoms with E-state index in [4.69, 9.17) is 0 Å². The van der Waals surface area contributed by atoms with Crippen molar-refractivity contribution < 1.29 is 9.90 Å². The van der Waals surface area contributed by atoms with Crippen LogP contribution >= 0.6 is 0 Å². The molecule has 13 heavy (non-hydrogen) atoms. The molecule has 0 aliphatic heterocycles. The van der Waals surface area contributed by atoms with Crippen molar-refractivity contribution in [2.24, 2.45) is 5.92 Å². The molecule has 2 nitrogen and oxygen atoms in total. The molecule has 1 rings (SSSR count). The first-order chi connectivity index (χ1) is 6.06. The maximum Gasteiger partial charge on any atom is 0.132 e. The number of rotatable bonds is 3. The average Bonchev–Trinajstić information content (AvgIpc) is 2.04. The SMILES string of the molecule is CCC1CCC(O)(CC(C)=O)CC1. The normalized spacial score (nSPS) is 34.5. The van der Waals surface area contributed by atoms with Gasteiger partial charge in [-0.05, 0) is 38.5 Å². The number of Topliss-reactive ketones (excluding diaryl/α,β-unsaturated/α-hetero) is 1. The minimum absolute atomic E-state index is 0.109. The Balaban J connectivity index is 2.41. The molecule has 1 aliphatic carbocycles. The second kappa shape index (κ2) is 4.23. The van der Waals surface area contributed by atoms with E-state index in [0.717, 1.165) is 31.6 Å². The quantitative estimate of drug-likeness (QED) is 0.730. The van der Waals surface area contributed by atoms with Crippen LogP contribution in [0.1, 0.15) is 52.4 Å². The Morgan fingerprint density at radius 2 is 2.00 bits per heavy atom. The third-order valence-electron chi connectivity index (χ3n) is 3.19.